The average Bonchev–Trinajstić information content (AvgIpc) is 2.81. The van der Waals surface area contributed by atoms with Crippen LogP contribution in [0.25, 0.3) is 11.0 Å². The van der Waals surface area contributed by atoms with Crippen molar-refractivity contribution in [2.45, 2.75) is 39.8 Å². The van der Waals surface area contributed by atoms with Crippen molar-refractivity contribution in [2.24, 2.45) is 0 Å². The molecule has 0 saturated carbocycles. The quantitative estimate of drug-likeness (QED) is 0.427. The number of hydrogen-bond acceptors (Lipinski definition) is 5. The second-order valence-electron chi connectivity index (χ2n) is 8.13. The number of carbonyl (C=O) groups is 1. The maximum Gasteiger partial charge on any atom is 0.340 e. The maximum absolute atomic E-state index is 12.8. The molecule has 0 aliphatic heterocycles. The van der Waals surface area contributed by atoms with E-state index < -0.39 is 6.10 Å². The Labute approximate surface area is 192 Å². The third-order valence-electron chi connectivity index (χ3n) is 5.57. The van der Waals surface area contributed by atoms with Gasteiger partial charge in [-0.05, 0) is 61.2 Å². The van der Waals surface area contributed by atoms with Crippen LogP contribution in [-0.4, -0.2) is 17.0 Å². The van der Waals surface area contributed by atoms with Gasteiger partial charge in [0.05, 0.1) is 5.39 Å². The largest absolute Gasteiger partial charge is 0.480 e. The molecule has 0 spiro atoms. The number of pyridine rings is 1. The molecule has 33 heavy (non-hydrogen) atoms. The summed E-state index contributed by atoms with van der Waals surface area (Å²) in [5, 5.41) is 3.58. The minimum Gasteiger partial charge on any atom is -0.480 e. The van der Waals surface area contributed by atoms with E-state index in [0.29, 0.717) is 35.2 Å². The Bertz CT molecular complexity index is 1330. The number of ether oxygens (including phenoxy) is 1. The van der Waals surface area contributed by atoms with E-state index in [1.165, 1.54) is 0 Å². The summed E-state index contributed by atoms with van der Waals surface area (Å²) in [5.41, 5.74) is 4.26. The number of hydrogen-bond donors (Lipinski definition) is 1. The van der Waals surface area contributed by atoms with Gasteiger partial charge in [0.1, 0.15) is 11.3 Å². The molecule has 0 aliphatic carbocycles. The van der Waals surface area contributed by atoms with E-state index >= 15 is 0 Å². The monoisotopic (exact) mass is 442 g/mol. The standard InChI is InChI=1S/C27H26N2O4/c1-17-12-23(32-19(3)26(30)29-16-21-10-7-11-28-15-21)25-18(2)22(27(31)33-24(25)13-17)14-20-8-5-4-6-9-20/h4-13,15,19H,14,16H2,1-3H3,(H,29,30). The first kappa shape index (κ1) is 22.3. The molecule has 6 nitrogen and oxygen atoms in total. The summed E-state index contributed by atoms with van der Waals surface area (Å²) in [7, 11) is 0. The number of carbonyl (C=O) groups excluding carboxylic acids is 1. The second-order valence-corrected chi connectivity index (χ2v) is 8.13. The number of fused-ring (bicyclic) bond motifs is 1. The molecule has 2 heterocycles. The van der Waals surface area contributed by atoms with Crippen molar-refractivity contribution in [3.63, 3.8) is 0 Å². The zero-order valence-corrected chi connectivity index (χ0v) is 18.9. The number of aromatic nitrogens is 1. The predicted octanol–water partition coefficient (Wildman–Crippen LogP) is 4.48. The van der Waals surface area contributed by atoms with Crippen LogP contribution in [-0.2, 0) is 17.8 Å². The van der Waals surface area contributed by atoms with Crippen molar-refractivity contribution in [3.8, 4) is 5.75 Å². The molecule has 2 aromatic heterocycles. The van der Waals surface area contributed by atoms with Gasteiger partial charge in [0.25, 0.3) is 5.91 Å². The zero-order valence-electron chi connectivity index (χ0n) is 18.9. The summed E-state index contributed by atoms with van der Waals surface area (Å²) in [6, 6.07) is 17.2. The molecule has 168 valence electrons. The van der Waals surface area contributed by atoms with Crippen LogP contribution in [0.2, 0.25) is 0 Å². The first-order valence-corrected chi connectivity index (χ1v) is 10.9. The highest BCUT2D eigenvalue weighted by Crippen LogP contribution is 2.32. The molecule has 1 N–H and O–H groups in total. The van der Waals surface area contributed by atoms with Gasteiger partial charge >= 0.3 is 5.63 Å². The van der Waals surface area contributed by atoms with E-state index in [9.17, 15) is 9.59 Å². The third kappa shape index (κ3) is 5.12. The molecule has 4 rings (SSSR count). The summed E-state index contributed by atoms with van der Waals surface area (Å²) in [6.07, 6.45) is 3.11. The van der Waals surface area contributed by atoms with E-state index in [4.69, 9.17) is 9.15 Å². The van der Waals surface area contributed by atoms with Crippen LogP contribution < -0.4 is 15.7 Å². The fraction of sp³-hybridized carbons (Fsp3) is 0.222. The number of aryl methyl sites for hydroxylation is 2. The number of amides is 1. The van der Waals surface area contributed by atoms with Crippen LogP contribution in [0.5, 0.6) is 5.75 Å². The van der Waals surface area contributed by atoms with Crippen LogP contribution in [0.15, 0.2) is 76.2 Å². The molecular formula is C27H26N2O4. The molecular weight excluding hydrogens is 416 g/mol. The third-order valence-corrected chi connectivity index (χ3v) is 5.57. The van der Waals surface area contributed by atoms with Crippen LogP contribution in [0, 0.1) is 13.8 Å². The molecule has 1 unspecified atom stereocenters. The number of rotatable bonds is 7. The van der Waals surface area contributed by atoms with Crippen LogP contribution in [0.3, 0.4) is 0 Å². The highest BCUT2D eigenvalue weighted by molar-refractivity contribution is 5.89. The lowest BCUT2D eigenvalue weighted by molar-refractivity contribution is -0.127. The molecule has 0 fully saturated rings. The number of nitrogens with zero attached hydrogens (tertiary/aromatic N) is 1. The first-order chi connectivity index (χ1) is 15.9. The van der Waals surface area contributed by atoms with Crippen LogP contribution in [0.4, 0.5) is 0 Å². The molecule has 1 atom stereocenters. The lowest BCUT2D eigenvalue weighted by atomic mass is 9.98. The minimum atomic E-state index is -0.740. The second kappa shape index (κ2) is 9.69. The molecule has 0 radical (unpaired) electrons. The van der Waals surface area contributed by atoms with Crippen molar-refractivity contribution >= 4 is 16.9 Å². The van der Waals surface area contributed by atoms with Crippen molar-refractivity contribution < 1.29 is 13.9 Å². The van der Waals surface area contributed by atoms with E-state index in [2.05, 4.69) is 10.3 Å². The normalized spacial score (nSPS) is 11.8. The zero-order chi connectivity index (χ0) is 23.4. The van der Waals surface area contributed by atoms with E-state index in [1.54, 1.807) is 19.3 Å². The Hall–Kier alpha value is -3.93. The maximum atomic E-state index is 12.8. The van der Waals surface area contributed by atoms with E-state index in [0.717, 1.165) is 22.3 Å². The Kier molecular flexibility index (Phi) is 6.54. The fourth-order valence-corrected chi connectivity index (χ4v) is 3.81. The summed E-state index contributed by atoms with van der Waals surface area (Å²) in [6.45, 7) is 5.86. The van der Waals surface area contributed by atoms with Gasteiger partial charge in [-0.15, -0.1) is 0 Å². The topological polar surface area (TPSA) is 81.4 Å². The van der Waals surface area contributed by atoms with Gasteiger partial charge in [-0.3, -0.25) is 9.78 Å². The van der Waals surface area contributed by atoms with Gasteiger partial charge < -0.3 is 14.5 Å². The molecule has 0 saturated heterocycles. The van der Waals surface area contributed by atoms with Gasteiger partial charge in [-0.1, -0.05) is 36.4 Å². The summed E-state index contributed by atoms with van der Waals surface area (Å²) in [5.74, 6) is 0.276. The van der Waals surface area contributed by atoms with Crippen molar-refractivity contribution in [1.82, 2.24) is 10.3 Å². The number of nitrogens with one attached hydrogen (secondary N) is 1. The Morgan fingerprint density at radius 3 is 2.58 bits per heavy atom. The number of benzene rings is 2. The predicted molar refractivity (Wildman–Crippen MR) is 127 cm³/mol. The Balaban J connectivity index is 1.63. The molecule has 2 aromatic carbocycles. The molecule has 1 amide bonds. The van der Waals surface area contributed by atoms with Crippen LogP contribution >= 0.6 is 0 Å². The molecule has 0 bridgehead atoms. The van der Waals surface area contributed by atoms with Crippen molar-refractivity contribution in [1.29, 1.82) is 0 Å². The summed E-state index contributed by atoms with van der Waals surface area (Å²) >= 11 is 0. The minimum absolute atomic E-state index is 0.243. The first-order valence-electron chi connectivity index (χ1n) is 10.9. The van der Waals surface area contributed by atoms with Gasteiger partial charge in [0.15, 0.2) is 6.10 Å². The average molecular weight is 443 g/mol. The smallest absolute Gasteiger partial charge is 0.340 e. The summed E-state index contributed by atoms with van der Waals surface area (Å²) in [4.78, 5) is 29.5. The Morgan fingerprint density at radius 1 is 1.09 bits per heavy atom. The van der Waals surface area contributed by atoms with Crippen molar-refractivity contribution in [2.75, 3.05) is 0 Å². The summed E-state index contributed by atoms with van der Waals surface area (Å²) < 4.78 is 11.8. The van der Waals surface area contributed by atoms with Gasteiger partial charge in [0.2, 0.25) is 0 Å². The van der Waals surface area contributed by atoms with E-state index in [-0.39, 0.29) is 11.5 Å². The molecule has 6 heteroatoms. The highest BCUT2D eigenvalue weighted by atomic mass is 16.5. The lowest BCUT2D eigenvalue weighted by Gasteiger charge is -2.18. The lowest BCUT2D eigenvalue weighted by Crippen LogP contribution is -2.36. The molecule has 0 aliphatic rings. The van der Waals surface area contributed by atoms with Gasteiger partial charge in [-0.25, -0.2) is 4.79 Å². The molecule has 4 aromatic rings. The van der Waals surface area contributed by atoms with E-state index in [1.807, 2.05) is 68.4 Å². The van der Waals surface area contributed by atoms with Gasteiger partial charge in [-0.2, -0.15) is 0 Å². The fourth-order valence-electron chi connectivity index (χ4n) is 3.81. The van der Waals surface area contributed by atoms with Crippen molar-refractivity contribution in [3.05, 3.63) is 105 Å². The van der Waals surface area contributed by atoms with Crippen LogP contribution in [0.1, 0.15) is 34.7 Å². The Morgan fingerprint density at radius 2 is 1.85 bits per heavy atom. The SMILES string of the molecule is Cc1cc(OC(C)C(=O)NCc2cccnc2)c2c(C)c(Cc3ccccc3)c(=O)oc2c1. The highest BCUT2D eigenvalue weighted by Gasteiger charge is 2.20. The van der Waals surface area contributed by atoms with Gasteiger partial charge in [0, 0.05) is 30.9 Å².